The SMILES string of the molecule is COc1ccc(C(CNC(=O)CCOc2ccccc2F)N2CCOCC2)cc1. The van der Waals surface area contributed by atoms with Gasteiger partial charge < -0.3 is 19.5 Å². The topological polar surface area (TPSA) is 60.0 Å². The van der Waals surface area contributed by atoms with Crippen LogP contribution in [0.15, 0.2) is 48.5 Å². The fourth-order valence-electron chi connectivity index (χ4n) is 3.29. The van der Waals surface area contributed by atoms with Crippen LogP contribution in [-0.2, 0) is 9.53 Å². The maximum Gasteiger partial charge on any atom is 0.223 e. The predicted octanol–water partition coefficient (Wildman–Crippen LogP) is 2.79. The van der Waals surface area contributed by atoms with Crippen molar-refractivity contribution in [2.45, 2.75) is 12.5 Å². The number of nitrogens with zero attached hydrogens (tertiary/aromatic N) is 1. The van der Waals surface area contributed by atoms with Gasteiger partial charge in [-0.3, -0.25) is 9.69 Å². The van der Waals surface area contributed by atoms with E-state index in [9.17, 15) is 9.18 Å². The van der Waals surface area contributed by atoms with E-state index in [4.69, 9.17) is 14.2 Å². The number of para-hydroxylation sites is 1. The van der Waals surface area contributed by atoms with Gasteiger partial charge in [0.1, 0.15) is 5.75 Å². The molecule has 0 saturated carbocycles. The summed E-state index contributed by atoms with van der Waals surface area (Å²) in [6.45, 7) is 3.57. The summed E-state index contributed by atoms with van der Waals surface area (Å²) in [6.07, 6.45) is 0.160. The zero-order valence-corrected chi connectivity index (χ0v) is 16.6. The highest BCUT2D eigenvalue weighted by Crippen LogP contribution is 2.23. The summed E-state index contributed by atoms with van der Waals surface area (Å²) in [4.78, 5) is 14.6. The molecule has 1 fully saturated rings. The van der Waals surface area contributed by atoms with Crippen LogP contribution in [0.3, 0.4) is 0 Å². The fourth-order valence-corrected chi connectivity index (χ4v) is 3.29. The standard InChI is InChI=1S/C22H27FN2O4/c1-27-18-8-6-17(7-9-18)20(25-11-14-28-15-12-25)16-24-22(26)10-13-29-21-5-3-2-4-19(21)23/h2-9,20H,10-16H2,1H3,(H,24,26). The van der Waals surface area contributed by atoms with E-state index in [1.165, 1.54) is 6.07 Å². The Balaban J connectivity index is 1.54. The molecule has 2 aromatic rings. The largest absolute Gasteiger partial charge is 0.497 e. The first-order valence-corrected chi connectivity index (χ1v) is 9.77. The maximum atomic E-state index is 13.6. The number of hydrogen-bond acceptors (Lipinski definition) is 5. The van der Waals surface area contributed by atoms with Gasteiger partial charge in [0.2, 0.25) is 5.91 Å². The fraction of sp³-hybridized carbons (Fsp3) is 0.409. The Kier molecular flexibility index (Phi) is 7.84. The van der Waals surface area contributed by atoms with Gasteiger partial charge in [0.05, 0.1) is 39.4 Å². The molecule has 0 bridgehead atoms. The molecule has 2 aromatic carbocycles. The average Bonchev–Trinajstić information content (AvgIpc) is 2.76. The van der Waals surface area contributed by atoms with Crippen LogP contribution in [0.4, 0.5) is 4.39 Å². The van der Waals surface area contributed by atoms with Crippen LogP contribution in [0.5, 0.6) is 11.5 Å². The van der Waals surface area contributed by atoms with E-state index >= 15 is 0 Å². The lowest BCUT2D eigenvalue weighted by Crippen LogP contribution is -2.44. The monoisotopic (exact) mass is 402 g/mol. The Morgan fingerprint density at radius 1 is 1.17 bits per heavy atom. The van der Waals surface area contributed by atoms with Crippen LogP contribution >= 0.6 is 0 Å². The van der Waals surface area contributed by atoms with Gasteiger partial charge in [-0.1, -0.05) is 24.3 Å². The quantitative estimate of drug-likeness (QED) is 0.699. The number of rotatable bonds is 9. The number of morpholine rings is 1. The Bertz CT molecular complexity index is 779. The van der Waals surface area contributed by atoms with Crippen molar-refractivity contribution in [3.05, 3.63) is 59.9 Å². The van der Waals surface area contributed by atoms with Crippen molar-refractivity contribution in [2.24, 2.45) is 0 Å². The van der Waals surface area contributed by atoms with Crippen molar-refractivity contribution >= 4 is 5.91 Å². The number of hydrogen-bond donors (Lipinski definition) is 1. The van der Waals surface area contributed by atoms with Crippen molar-refractivity contribution in [3.8, 4) is 11.5 Å². The van der Waals surface area contributed by atoms with E-state index in [-0.39, 0.29) is 30.7 Å². The van der Waals surface area contributed by atoms with E-state index < -0.39 is 5.82 Å². The number of methoxy groups -OCH3 is 1. The number of nitrogens with one attached hydrogen (secondary N) is 1. The van der Waals surface area contributed by atoms with E-state index in [1.54, 1.807) is 25.3 Å². The Labute approximate surface area is 170 Å². The second kappa shape index (κ2) is 10.8. The lowest BCUT2D eigenvalue weighted by Gasteiger charge is -2.35. The Morgan fingerprint density at radius 3 is 2.59 bits per heavy atom. The van der Waals surface area contributed by atoms with Crippen LogP contribution in [-0.4, -0.2) is 57.4 Å². The molecule has 1 aliphatic heterocycles. The number of ether oxygens (including phenoxy) is 3. The average molecular weight is 402 g/mol. The molecule has 1 aliphatic rings. The lowest BCUT2D eigenvalue weighted by molar-refractivity contribution is -0.121. The van der Waals surface area contributed by atoms with Gasteiger partial charge in [-0.25, -0.2) is 4.39 Å². The molecule has 3 rings (SSSR count). The highest BCUT2D eigenvalue weighted by molar-refractivity contribution is 5.76. The van der Waals surface area contributed by atoms with Crippen LogP contribution in [0.2, 0.25) is 0 Å². The van der Waals surface area contributed by atoms with Crippen molar-refractivity contribution in [2.75, 3.05) is 46.6 Å². The smallest absolute Gasteiger partial charge is 0.223 e. The summed E-state index contributed by atoms with van der Waals surface area (Å²) in [6, 6.07) is 14.1. The lowest BCUT2D eigenvalue weighted by atomic mass is 10.0. The second-order valence-electron chi connectivity index (χ2n) is 6.77. The van der Waals surface area contributed by atoms with Crippen molar-refractivity contribution < 1.29 is 23.4 Å². The molecule has 6 nitrogen and oxygen atoms in total. The molecule has 1 unspecified atom stereocenters. The number of halogens is 1. The van der Waals surface area contributed by atoms with Crippen molar-refractivity contribution in [1.82, 2.24) is 10.2 Å². The molecule has 0 radical (unpaired) electrons. The summed E-state index contributed by atoms with van der Waals surface area (Å²) in [5.41, 5.74) is 1.11. The molecule has 1 heterocycles. The second-order valence-corrected chi connectivity index (χ2v) is 6.77. The van der Waals surface area contributed by atoms with Gasteiger partial charge >= 0.3 is 0 Å². The molecule has 0 spiro atoms. The van der Waals surface area contributed by atoms with Gasteiger partial charge in [-0.15, -0.1) is 0 Å². The molecule has 0 aromatic heterocycles. The third-order valence-electron chi connectivity index (χ3n) is 4.90. The first-order valence-electron chi connectivity index (χ1n) is 9.77. The van der Waals surface area contributed by atoms with Crippen LogP contribution in [0.25, 0.3) is 0 Å². The first-order chi connectivity index (χ1) is 14.2. The van der Waals surface area contributed by atoms with Crippen LogP contribution in [0, 0.1) is 5.82 Å². The normalized spacial score (nSPS) is 15.5. The summed E-state index contributed by atoms with van der Waals surface area (Å²) in [5, 5.41) is 2.98. The van der Waals surface area contributed by atoms with Crippen LogP contribution in [0.1, 0.15) is 18.0 Å². The predicted molar refractivity (Wildman–Crippen MR) is 108 cm³/mol. The minimum absolute atomic E-state index is 0.0428. The maximum absolute atomic E-state index is 13.6. The van der Waals surface area contributed by atoms with E-state index in [0.29, 0.717) is 19.8 Å². The van der Waals surface area contributed by atoms with E-state index in [1.807, 2.05) is 24.3 Å². The summed E-state index contributed by atoms with van der Waals surface area (Å²) in [5.74, 6) is 0.390. The van der Waals surface area contributed by atoms with Gasteiger partial charge in [0, 0.05) is 19.6 Å². The molecule has 1 atom stereocenters. The molecular weight excluding hydrogens is 375 g/mol. The summed E-state index contributed by atoms with van der Waals surface area (Å²) in [7, 11) is 1.64. The highest BCUT2D eigenvalue weighted by Gasteiger charge is 2.23. The number of carbonyl (C=O) groups excluding carboxylic acids is 1. The molecule has 0 aliphatic carbocycles. The molecule has 156 valence electrons. The van der Waals surface area contributed by atoms with Gasteiger partial charge in [-0.2, -0.15) is 0 Å². The number of benzene rings is 2. The third kappa shape index (κ3) is 6.17. The van der Waals surface area contributed by atoms with Crippen molar-refractivity contribution in [1.29, 1.82) is 0 Å². The van der Waals surface area contributed by atoms with Crippen LogP contribution < -0.4 is 14.8 Å². The molecule has 1 saturated heterocycles. The Morgan fingerprint density at radius 2 is 1.90 bits per heavy atom. The van der Waals surface area contributed by atoms with Gasteiger partial charge in [0.25, 0.3) is 0 Å². The third-order valence-corrected chi connectivity index (χ3v) is 4.90. The zero-order chi connectivity index (χ0) is 20.5. The molecule has 1 N–H and O–H groups in total. The Hall–Kier alpha value is -2.64. The zero-order valence-electron chi connectivity index (χ0n) is 16.6. The summed E-state index contributed by atoms with van der Waals surface area (Å²) < 4.78 is 29.6. The number of amides is 1. The molecule has 7 heteroatoms. The highest BCUT2D eigenvalue weighted by atomic mass is 19.1. The molecular formula is C22H27FN2O4. The van der Waals surface area contributed by atoms with Crippen molar-refractivity contribution in [3.63, 3.8) is 0 Å². The molecule has 29 heavy (non-hydrogen) atoms. The summed E-state index contributed by atoms with van der Waals surface area (Å²) >= 11 is 0. The minimum Gasteiger partial charge on any atom is -0.497 e. The van der Waals surface area contributed by atoms with Gasteiger partial charge in [-0.05, 0) is 29.8 Å². The number of carbonyl (C=O) groups is 1. The minimum atomic E-state index is -0.431. The molecule has 1 amide bonds. The van der Waals surface area contributed by atoms with E-state index in [0.717, 1.165) is 24.4 Å². The van der Waals surface area contributed by atoms with E-state index in [2.05, 4.69) is 10.2 Å². The first kappa shape index (κ1) is 21.1. The van der Waals surface area contributed by atoms with Gasteiger partial charge in [0.15, 0.2) is 11.6 Å².